The van der Waals surface area contributed by atoms with Crippen molar-refractivity contribution in [3.05, 3.63) is 51.1 Å². The second kappa shape index (κ2) is 10.5. The number of methoxy groups -OCH3 is 1. The average molecular weight is 416 g/mol. The van der Waals surface area contributed by atoms with Crippen LogP contribution in [-0.2, 0) is 0 Å². The van der Waals surface area contributed by atoms with Crippen molar-refractivity contribution in [2.75, 3.05) is 26.1 Å². The van der Waals surface area contributed by atoms with E-state index in [0.29, 0.717) is 47.3 Å². The van der Waals surface area contributed by atoms with Crippen molar-refractivity contribution in [3.8, 4) is 17.2 Å². The summed E-state index contributed by atoms with van der Waals surface area (Å²) >= 11 is 0. The number of hydrogen-bond donors (Lipinski definition) is 1. The van der Waals surface area contributed by atoms with Gasteiger partial charge in [-0.15, -0.1) is 0 Å². The van der Waals surface area contributed by atoms with Crippen molar-refractivity contribution < 1.29 is 23.9 Å². The summed E-state index contributed by atoms with van der Waals surface area (Å²) in [6.45, 7) is 5.95. The first-order valence-corrected chi connectivity index (χ1v) is 9.74. The molecule has 0 aliphatic heterocycles. The minimum atomic E-state index is -0.434. The number of hydrogen-bond acceptors (Lipinski definition) is 7. The highest BCUT2D eigenvalue weighted by Crippen LogP contribution is 2.34. The number of ketones is 1. The SMILES string of the molecule is COc1cc(C)c([N+](=O)[O-])cc1OCCCCCOc1cc(N)c(C(C)=O)cc1C. The topological polar surface area (TPSA) is 114 Å². The maximum absolute atomic E-state index is 11.5. The molecule has 2 aromatic rings. The normalized spacial score (nSPS) is 10.5. The van der Waals surface area contributed by atoms with Crippen LogP contribution in [-0.4, -0.2) is 31.0 Å². The molecule has 0 spiro atoms. The Morgan fingerprint density at radius 3 is 2.17 bits per heavy atom. The van der Waals surface area contributed by atoms with E-state index >= 15 is 0 Å². The third kappa shape index (κ3) is 5.85. The molecule has 0 saturated carbocycles. The van der Waals surface area contributed by atoms with Crippen molar-refractivity contribution >= 4 is 17.2 Å². The van der Waals surface area contributed by atoms with Crippen molar-refractivity contribution in [2.45, 2.75) is 40.0 Å². The molecule has 0 bridgehead atoms. The number of nitrogens with two attached hydrogens (primary N) is 1. The second-order valence-electron chi connectivity index (χ2n) is 7.07. The number of nitrogen functional groups attached to an aromatic ring is 1. The van der Waals surface area contributed by atoms with Crippen LogP contribution in [0, 0.1) is 24.0 Å². The predicted octanol–water partition coefficient (Wildman–Crippen LogP) is 4.63. The number of carbonyl (C=O) groups is 1. The van der Waals surface area contributed by atoms with E-state index in [0.717, 1.165) is 24.8 Å². The largest absolute Gasteiger partial charge is 0.493 e. The van der Waals surface area contributed by atoms with E-state index in [1.807, 2.05) is 6.92 Å². The zero-order valence-corrected chi connectivity index (χ0v) is 17.8. The van der Waals surface area contributed by atoms with Crippen LogP contribution in [0.4, 0.5) is 11.4 Å². The number of rotatable bonds is 11. The van der Waals surface area contributed by atoms with Gasteiger partial charge < -0.3 is 19.9 Å². The molecular weight excluding hydrogens is 388 g/mol. The van der Waals surface area contributed by atoms with Gasteiger partial charge in [0.1, 0.15) is 5.75 Å². The first kappa shape index (κ1) is 23.0. The number of nitro benzene ring substituents is 1. The molecule has 0 fully saturated rings. The highest BCUT2D eigenvalue weighted by Gasteiger charge is 2.17. The molecule has 0 aliphatic carbocycles. The number of nitro groups is 1. The van der Waals surface area contributed by atoms with Gasteiger partial charge in [0, 0.05) is 22.9 Å². The summed E-state index contributed by atoms with van der Waals surface area (Å²) < 4.78 is 16.7. The van der Waals surface area contributed by atoms with Gasteiger partial charge in [-0.3, -0.25) is 14.9 Å². The van der Waals surface area contributed by atoms with E-state index in [-0.39, 0.29) is 11.5 Å². The molecule has 0 saturated heterocycles. The lowest BCUT2D eigenvalue weighted by molar-refractivity contribution is -0.385. The number of unbranched alkanes of at least 4 members (excludes halogenated alkanes) is 2. The van der Waals surface area contributed by atoms with Gasteiger partial charge in [-0.2, -0.15) is 0 Å². The van der Waals surface area contributed by atoms with E-state index < -0.39 is 4.92 Å². The van der Waals surface area contributed by atoms with Crippen molar-refractivity contribution in [2.24, 2.45) is 0 Å². The summed E-state index contributed by atoms with van der Waals surface area (Å²) in [5.41, 5.74) is 8.22. The standard InChI is InChI=1S/C22H28N2O6/c1-14-11-21(28-4)22(13-19(14)24(26)27)30-9-7-5-6-8-29-20-12-18(23)17(16(3)25)10-15(20)2/h10-13H,5-9,23H2,1-4H3. The third-order valence-corrected chi connectivity index (χ3v) is 4.71. The van der Waals surface area contributed by atoms with Gasteiger partial charge >= 0.3 is 0 Å². The lowest BCUT2D eigenvalue weighted by Crippen LogP contribution is -2.05. The van der Waals surface area contributed by atoms with Crippen molar-refractivity contribution in [1.29, 1.82) is 0 Å². The van der Waals surface area contributed by atoms with Gasteiger partial charge in [-0.25, -0.2) is 0 Å². The molecule has 2 rings (SSSR count). The van der Waals surface area contributed by atoms with E-state index in [1.165, 1.54) is 20.1 Å². The molecular formula is C22H28N2O6. The van der Waals surface area contributed by atoms with Crippen LogP contribution in [0.5, 0.6) is 17.2 Å². The average Bonchev–Trinajstić information content (AvgIpc) is 2.69. The fourth-order valence-corrected chi connectivity index (χ4v) is 3.03. The van der Waals surface area contributed by atoms with Crippen molar-refractivity contribution in [1.82, 2.24) is 0 Å². The Morgan fingerprint density at radius 2 is 1.60 bits per heavy atom. The first-order valence-electron chi connectivity index (χ1n) is 9.74. The fraction of sp³-hybridized carbons (Fsp3) is 0.409. The van der Waals surface area contributed by atoms with E-state index in [4.69, 9.17) is 19.9 Å². The number of benzene rings is 2. The Labute approximate surface area is 176 Å². The van der Waals surface area contributed by atoms with Crippen molar-refractivity contribution in [3.63, 3.8) is 0 Å². The summed E-state index contributed by atoms with van der Waals surface area (Å²) in [5.74, 6) is 1.44. The van der Waals surface area contributed by atoms with Gasteiger partial charge in [0.05, 0.1) is 31.3 Å². The number of Topliss-reactive ketones (excluding diaryl/α,β-unsaturated/α-hetero) is 1. The first-order chi connectivity index (χ1) is 14.2. The molecule has 8 nitrogen and oxygen atoms in total. The Hall–Kier alpha value is -3.29. The van der Waals surface area contributed by atoms with Gasteiger partial charge in [0.2, 0.25) is 0 Å². The van der Waals surface area contributed by atoms with E-state index in [2.05, 4.69) is 0 Å². The van der Waals surface area contributed by atoms with Crippen LogP contribution < -0.4 is 19.9 Å². The van der Waals surface area contributed by atoms with Crippen LogP contribution in [0.15, 0.2) is 24.3 Å². The predicted molar refractivity (Wildman–Crippen MR) is 115 cm³/mol. The molecule has 0 aliphatic rings. The minimum Gasteiger partial charge on any atom is -0.493 e. The molecule has 0 aromatic heterocycles. The number of aryl methyl sites for hydroxylation is 2. The number of nitrogens with zero attached hydrogens (tertiary/aromatic N) is 1. The smallest absolute Gasteiger partial charge is 0.276 e. The number of anilines is 1. The van der Waals surface area contributed by atoms with Gasteiger partial charge in [0.25, 0.3) is 5.69 Å². The van der Waals surface area contributed by atoms with Crippen LogP contribution in [0.3, 0.4) is 0 Å². The number of carbonyl (C=O) groups excluding carboxylic acids is 1. The molecule has 0 heterocycles. The molecule has 8 heteroatoms. The van der Waals surface area contributed by atoms with Crippen LogP contribution >= 0.6 is 0 Å². The Bertz CT molecular complexity index is 926. The van der Waals surface area contributed by atoms with Crippen LogP contribution in [0.25, 0.3) is 0 Å². The third-order valence-electron chi connectivity index (χ3n) is 4.71. The molecule has 0 unspecified atom stereocenters. The lowest BCUT2D eigenvalue weighted by atomic mass is 10.1. The summed E-state index contributed by atoms with van der Waals surface area (Å²) in [5, 5.41) is 11.1. The van der Waals surface area contributed by atoms with E-state index in [1.54, 1.807) is 25.1 Å². The molecule has 2 aromatic carbocycles. The van der Waals surface area contributed by atoms with Gasteiger partial charge in [-0.05, 0) is 57.7 Å². The molecule has 2 N–H and O–H groups in total. The highest BCUT2D eigenvalue weighted by molar-refractivity contribution is 5.99. The summed E-state index contributed by atoms with van der Waals surface area (Å²) in [4.78, 5) is 22.2. The summed E-state index contributed by atoms with van der Waals surface area (Å²) in [6, 6.07) is 6.43. The highest BCUT2D eigenvalue weighted by atomic mass is 16.6. The Kier molecular flexibility index (Phi) is 8.03. The maximum atomic E-state index is 11.5. The lowest BCUT2D eigenvalue weighted by Gasteiger charge is -2.13. The Morgan fingerprint density at radius 1 is 0.967 bits per heavy atom. The molecule has 0 amide bonds. The summed E-state index contributed by atoms with van der Waals surface area (Å²) in [6.07, 6.45) is 2.43. The number of ether oxygens (including phenoxy) is 3. The zero-order valence-electron chi connectivity index (χ0n) is 17.8. The van der Waals surface area contributed by atoms with Crippen LogP contribution in [0.1, 0.15) is 47.7 Å². The quantitative estimate of drug-likeness (QED) is 0.187. The Balaban J connectivity index is 1.79. The zero-order chi connectivity index (χ0) is 22.3. The van der Waals surface area contributed by atoms with E-state index in [9.17, 15) is 14.9 Å². The molecule has 30 heavy (non-hydrogen) atoms. The molecule has 0 atom stereocenters. The molecule has 0 radical (unpaired) electrons. The minimum absolute atomic E-state index is 0.00429. The van der Waals surface area contributed by atoms with Crippen LogP contribution in [0.2, 0.25) is 0 Å². The fourth-order valence-electron chi connectivity index (χ4n) is 3.03. The monoisotopic (exact) mass is 416 g/mol. The maximum Gasteiger partial charge on any atom is 0.276 e. The van der Waals surface area contributed by atoms with Gasteiger partial charge in [-0.1, -0.05) is 0 Å². The molecule has 162 valence electrons. The van der Waals surface area contributed by atoms with Gasteiger partial charge in [0.15, 0.2) is 17.3 Å². The second-order valence-corrected chi connectivity index (χ2v) is 7.07. The summed E-state index contributed by atoms with van der Waals surface area (Å²) in [7, 11) is 1.50.